The molecule has 1 unspecified atom stereocenters. The monoisotopic (exact) mass is 409 g/mol. The van der Waals surface area contributed by atoms with E-state index in [1.807, 2.05) is 0 Å². The van der Waals surface area contributed by atoms with E-state index >= 15 is 0 Å². The highest BCUT2D eigenvalue weighted by atomic mass is 35.5. The molecule has 0 saturated carbocycles. The van der Waals surface area contributed by atoms with E-state index in [2.05, 4.69) is 10.3 Å². The Bertz CT molecular complexity index is 1080. The Morgan fingerprint density at radius 1 is 1.12 bits per heavy atom. The van der Waals surface area contributed by atoms with E-state index in [4.69, 9.17) is 34.8 Å². The lowest BCUT2D eigenvalue weighted by Gasteiger charge is -2.17. The lowest BCUT2D eigenvalue weighted by Crippen LogP contribution is -2.32. The van der Waals surface area contributed by atoms with Crippen molar-refractivity contribution in [2.45, 2.75) is 13.0 Å². The molecule has 0 bridgehead atoms. The maximum absolute atomic E-state index is 12.5. The van der Waals surface area contributed by atoms with Gasteiger partial charge in [0.1, 0.15) is 5.82 Å². The highest BCUT2D eigenvalue weighted by molar-refractivity contribution is 6.42. The summed E-state index contributed by atoms with van der Waals surface area (Å²) in [6, 6.07) is 8.99. The zero-order chi connectivity index (χ0) is 19.0. The average molecular weight is 411 g/mol. The van der Waals surface area contributed by atoms with Crippen molar-refractivity contribution in [3.8, 4) is 0 Å². The first-order valence-corrected chi connectivity index (χ1v) is 8.83. The summed E-state index contributed by atoms with van der Waals surface area (Å²) in [7, 11) is 1.61. The standard InChI is InChI=1S/C18H14Cl3N3O2/c1-9(22-17(25)10-3-6-13(20)14(21)7-10)16-23-15-8-11(19)4-5-12(15)18(26)24(16)2/h3-9H,1-2H3,(H,22,25). The van der Waals surface area contributed by atoms with E-state index in [0.717, 1.165) is 0 Å². The van der Waals surface area contributed by atoms with Crippen LogP contribution >= 0.6 is 34.8 Å². The molecule has 26 heavy (non-hydrogen) atoms. The molecule has 0 aliphatic carbocycles. The minimum atomic E-state index is -0.516. The first-order chi connectivity index (χ1) is 12.3. The SMILES string of the molecule is CC(NC(=O)c1ccc(Cl)c(Cl)c1)c1nc2cc(Cl)ccc2c(=O)n1C. The second kappa shape index (κ2) is 7.27. The third-order valence-electron chi connectivity index (χ3n) is 3.99. The number of benzene rings is 2. The number of hydrogen-bond donors (Lipinski definition) is 1. The Kier molecular flexibility index (Phi) is 5.23. The molecule has 0 aliphatic rings. The van der Waals surface area contributed by atoms with Crippen LogP contribution in [-0.4, -0.2) is 15.5 Å². The summed E-state index contributed by atoms with van der Waals surface area (Å²) in [6.45, 7) is 1.74. The van der Waals surface area contributed by atoms with Crippen molar-refractivity contribution in [1.29, 1.82) is 0 Å². The van der Waals surface area contributed by atoms with Crippen LogP contribution in [0, 0.1) is 0 Å². The fourth-order valence-electron chi connectivity index (χ4n) is 2.63. The lowest BCUT2D eigenvalue weighted by molar-refractivity contribution is 0.0937. The maximum Gasteiger partial charge on any atom is 0.261 e. The summed E-state index contributed by atoms with van der Waals surface area (Å²) >= 11 is 17.8. The molecule has 134 valence electrons. The number of halogens is 3. The number of aromatic nitrogens is 2. The third kappa shape index (κ3) is 3.56. The Labute approximate surface area is 164 Å². The molecule has 5 nitrogen and oxygen atoms in total. The van der Waals surface area contributed by atoms with Gasteiger partial charge in [0.15, 0.2) is 0 Å². The van der Waals surface area contributed by atoms with E-state index < -0.39 is 6.04 Å². The highest BCUT2D eigenvalue weighted by Crippen LogP contribution is 2.23. The Balaban J connectivity index is 1.95. The van der Waals surface area contributed by atoms with Crippen LogP contribution < -0.4 is 10.9 Å². The van der Waals surface area contributed by atoms with Crippen LogP contribution in [-0.2, 0) is 7.05 Å². The largest absolute Gasteiger partial charge is 0.342 e. The van der Waals surface area contributed by atoms with Crippen molar-refractivity contribution < 1.29 is 4.79 Å². The summed E-state index contributed by atoms with van der Waals surface area (Å²) in [5, 5.41) is 4.41. The van der Waals surface area contributed by atoms with Crippen molar-refractivity contribution in [3.05, 3.63) is 73.2 Å². The predicted octanol–water partition coefficient (Wildman–Crippen LogP) is 4.38. The minimum Gasteiger partial charge on any atom is -0.342 e. The van der Waals surface area contributed by atoms with Gasteiger partial charge in [-0.15, -0.1) is 0 Å². The van der Waals surface area contributed by atoms with E-state index in [-0.39, 0.29) is 16.5 Å². The number of nitrogens with one attached hydrogen (secondary N) is 1. The normalized spacial score (nSPS) is 12.2. The number of amides is 1. The van der Waals surface area contributed by atoms with Crippen molar-refractivity contribution in [2.24, 2.45) is 7.05 Å². The molecule has 0 fully saturated rings. The van der Waals surface area contributed by atoms with Gasteiger partial charge in [0.05, 0.1) is 27.0 Å². The minimum absolute atomic E-state index is 0.211. The molecule has 1 atom stereocenters. The third-order valence-corrected chi connectivity index (χ3v) is 4.96. The molecule has 0 radical (unpaired) electrons. The molecule has 0 saturated heterocycles. The van der Waals surface area contributed by atoms with Gasteiger partial charge in [-0.05, 0) is 43.3 Å². The van der Waals surface area contributed by atoms with Gasteiger partial charge >= 0.3 is 0 Å². The van der Waals surface area contributed by atoms with Crippen LogP contribution in [0.15, 0.2) is 41.2 Å². The van der Waals surface area contributed by atoms with Gasteiger partial charge in [0.2, 0.25) is 0 Å². The van der Waals surface area contributed by atoms with Gasteiger partial charge in [-0.2, -0.15) is 0 Å². The number of rotatable bonds is 3. The van der Waals surface area contributed by atoms with Crippen LogP contribution in [0.25, 0.3) is 10.9 Å². The zero-order valence-electron chi connectivity index (χ0n) is 13.9. The fourth-order valence-corrected chi connectivity index (χ4v) is 3.09. The summed E-state index contributed by atoms with van der Waals surface area (Å²) in [6.07, 6.45) is 0. The summed E-state index contributed by atoms with van der Waals surface area (Å²) in [5.41, 5.74) is 0.628. The van der Waals surface area contributed by atoms with E-state index in [1.165, 1.54) is 10.6 Å². The van der Waals surface area contributed by atoms with Crippen LogP contribution in [0.1, 0.15) is 29.1 Å². The second-order valence-corrected chi connectivity index (χ2v) is 7.07. The molecule has 8 heteroatoms. The molecule has 1 heterocycles. The van der Waals surface area contributed by atoms with Gasteiger partial charge in [-0.25, -0.2) is 4.98 Å². The van der Waals surface area contributed by atoms with E-state index in [0.29, 0.717) is 32.3 Å². The van der Waals surface area contributed by atoms with E-state index in [9.17, 15) is 9.59 Å². The summed E-state index contributed by atoms with van der Waals surface area (Å²) < 4.78 is 1.41. The first-order valence-electron chi connectivity index (χ1n) is 7.70. The quantitative estimate of drug-likeness (QED) is 0.697. The molecule has 1 N–H and O–H groups in total. The molecule has 0 spiro atoms. The average Bonchev–Trinajstić information content (AvgIpc) is 2.60. The van der Waals surface area contributed by atoms with Crippen LogP contribution in [0.4, 0.5) is 0 Å². The number of carbonyl (C=O) groups is 1. The molecule has 1 amide bonds. The molecular formula is C18H14Cl3N3O2. The predicted molar refractivity (Wildman–Crippen MR) is 104 cm³/mol. The number of hydrogen-bond acceptors (Lipinski definition) is 3. The highest BCUT2D eigenvalue weighted by Gasteiger charge is 2.18. The van der Waals surface area contributed by atoms with Gasteiger partial charge in [0.25, 0.3) is 11.5 Å². The van der Waals surface area contributed by atoms with Gasteiger partial charge in [-0.3, -0.25) is 14.2 Å². The van der Waals surface area contributed by atoms with Crippen molar-refractivity contribution in [3.63, 3.8) is 0 Å². The maximum atomic E-state index is 12.5. The van der Waals surface area contributed by atoms with E-state index in [1.54, 1.807) is 44.3 Å². The summed E-state index contributed by atoms with van der Waals surface area (Å²) in [4.78, 5) is 29.5. The molecule has 2 aromatic carbocycles. The van der Waals surface area contributed by atoms with Crippen LogP contribution in [0.2, 0.25) is 15.1 Å². The Morgan fingerprint density at radius 2 is 1.85 bits per heavy atom. The van der Waals surface area contributed by atoms with Crippen LogP contribution in [0.3, 0.4) is 0 Å². The fraction of sp³-hybridized carbons (Fsp3) is 0.167. The zero-order valence-corrected chi connectivity index (χ0v) is 16.2. The Morgan fingerprint density at radius 3 is 2.54 bits per heavy atom. The van der Waals surface area contributed by atoms with Crippen molar-refractivity contribution >= 4 is 51.6 Å². The van der Waals surface area contributed by atoms with Crippen molar-refractivity contribution in [1.82, 2.24) is 14.9 Å². The molecule has 0 aliphatic heterocycles. The van der Waals surface area contributed by atoms with Gasteiger partial charge in [-0.1, -0.05) is 34.8 Å². The molecule has 1 aromatic heterocycles. The smallest absolute Gasteiger partial charge is 0.261 e. The lowest BCUT2D eigenvalue weighted by atomic mass is 10.2. The second-order valence-electron chi connectivity index (χ2n) is 5.82. The van der Waals surface area contributed by atoms with Crippen molar-refractivity contribution in [2.75, 3.05) is 0 Å². The first kappa shape index (κ1) is 18.7. The number of fused-ring (bicyclic) bond motifs is 1. The molecule has 3 aromatic rings. The number of nitrogens with zero attached hydrogens (tertiary/aromatic N) is 2. The number of carbonyl (C=O) groups excluding carboxylic acids is 1. The van der Waals surface area contributed by atoms with Gasteiger partial charge < -0.3 is 5.32 Å². The molecular weight excluding hydrogens is 397 g/mol. The summed E-state index contributed by atoms with van der Waals surface area (Å²) in [5.74, 6) is 0.0645. The topological polar surface area (TPSA) is 64.0 Å². The Hall–Kier alpha value is -2.08. The van der Waals surface area contributed by atoms with Crippen LogP contribution in [0.5, 0.6) is 0 Å². The molecule has 3 rings (SSSR count). The van der Waals surface area contributed by atoms with Gasteiger partial charge in [0, 0.05) is 17.6 Å².